The predicted molar refractivity (Wildman–Crippen MR) is 60.7 cm³/mol. The third-order valence-electron chi connectivity index (χ3n) is 1.84. The van der Waals surface area contributed by atoms with Crippen molar-refractivity contribution in [3.05, 3.63) is 35.4 Å². The van der Waals surface area contributed by atoms with Gasteiger partial charge in [-0.25, -0.2) is 4.79 Å². The Morgan fingerprint density at radius 3 is 2.20 bits per heavy atom. The topological polar surface area (TPSA) is 43.4 Å². The molecule has 0 aliphatic heterocycles. The molecule has 0 radical (unpaired) electrons. The van der Waals surface area contributed by atoms with E-state index in [1.54, 1.807) is 24.3 Å². The van der Waals surface area contributed by atoms with E-state index in [-0.39, 0.29) is 20.6 Å². The van der Waals surface area contributed by atoms with E-state index in [4.69, 9.17) is 4.52 Å². The minimum Gasteiger partial charge on any atom is -0.445 e. The van der Waals surface area contributed by atoms with Crippen LogP contribution in [0, 0.1) is 0 Å². The highest BCUT2D eigenvalue weighted by molar-refractivity contribution is 7.32. The van der Waals surface area contributed by atoms with E-state index in [1.165, 1.54) is 6.92 Å². The van der Waals surface area contributed by atoms with Gasteiger partial charge in [-0.3, -0.25) is 4.79 Å². The number of Topliss-reactive ketones (excluding diaryl/α,β-unsaturated/α-hetero) is 1. The van der Waals surface area contributed by atoms with Gasteiger partial charge >= 0.3 is 5.97 Å². The Labute approximate surface area is 90.7 Å². The number of benzene rings is 1. The predicted octanol–water partition coefficient (Wildman–Crippen LogP) is 2.66. The van der Waals surface area contributed by atoms with Gasteiger partial charge in [-0.05, 0) is 25.2 Å². The van der Waals surface area contributed by atoms with Crippen LogP contribution in [0.15, 0.2) is 24.3 Å². The fourth-order valence-electron chi connectivity index (χ4n) is 1.04. The second-order valence-corrected chi connectivity index (χ2v) is 4.22. The number of rotatable bonds is 4. The fraction of sp³-hybridized carbons (Fsp3) is 0.273. The molecule has 0 aromatic heterocycles. The zero-order chi connectivity index (χ0) is 11.3. The molecule has 1 aromatic carbocycles. The zero-order valence-corrected chi connectivity index (χ0v) is 9.74. The number of carbonyl (C=O) groups excluding carboxylic acids is 2. The van der Waals surface area contributed by atoms with Crippen LogP contribution < -0.4 is 0 Å². The fourth-order valence-corrected chi connectivity index (χ4v) is 1.43. The van der Waals surface area contributed by atoms with Gasteiger partial charge in [0.2, 0.25) is 0 Å². The molecule has 80 valence electrons. The van der Waals surface area contributed by atoms with Gasteiger partial charge in [-0.1, -0.05) is 19.1 Å². The van der Waals surface area contributed by atoms with E-state index in [0.29, 0.717) is 11.1 Å². The molecule has 1 atom stereocenters. The molecule has 1 aromatic rings. The molecule has 0 saturated carbocycles. The van der Waals surface area contributed by atoms with Gasteiger partial charge in [0.1, 0.15) is 0 Å². The SMILES string of the molecule is CCPOC(=O)c1ccc(C(C)=O)cc1. The Bertz CT molecular complexity index is 357. The van der Waals surface area contributed by atoms with Crippen LogP contribution in [0.4, 0.5) is 0 Å². The average molecular weight is 224 g/mol. The quantitative estimate of drug-likeness (QED) is 0.583. The van der Waals surface area contributed by atoms with E-state index in [0.717, 1.165) is 6.16 Å². The molecule has 0 heterocycles. The Hall–Kier alpha value is -1.21. The normalized spacial score (nSPS) is 10.5. The van der Waals surface area contributed by atoms with E-state index < -0.39 is 0 Å². The Morgan fingerprint density at radius 2 is 1.73 bits per heavy atom. The number of hydrogen-bond acceptors (Lipinski definition) is 3. The van der Waals surface area contributed by atoms with Crippen molar-refractivity contribution in [3.63, 3.8) is 0 Å². The molecule has 1 unspecified atom stereocenters. The summed E-state index contributed by atoms with van der Waals surface area (Å²) in [5.74, 6) is -0.337. The van der Waals surface area contributed by atoms with Crippen LogP contribution in [0.1, 0.15) is 34.6 Å². The van der Waals surface area contributed by atoms with E-state index >= 15 is 0 Å². The molecule has 0 spiro atoms. The van der Waals surface area contributed by atoms with Crippen LogP contribution in [-0.2, 0) is 4.52 Å². The average Bonchev–Trinajstić information content (AvgIpc) is 2.26. The third kappa shape index (κ3) is 3.45. The summed E-state index contributed by atoms with van der Waals surface area (Å²) in [6, 6.07) is 6.49. The van der Waals surface area contributed by atoms with E-state index in [9.17, 15) is 9.59 Å². The molecule has 0 fully saturated rings. The monoisotopic (exact) mass is 224 g/mol. The Morgan fingerprint density at radius 1 is 1.20 bits per heavy atom. The molecule has 0 saturated heterocycles. The van der Waals surface area contributed by atoms with Crippen LogP contribution in [0.5, 0.6) is 0 Å². The minimum atomic E-state index is -0.328. The van der Waals surface area contributed by atoms with Crippen molar-refractivity contribution in [1.82, 2.24) is 0 Å². The van der Waals surface area contributed by atoms with Gasteiger partial charge in [-0.15, -0.1) is 0 Å². The maximum atomic E-state index is 11.4. The van der Waals surface area contributed by atoms with Crippen molar-refractivity contribution in [3.8, 4) is 0 Å². The largest absolute Gasteiger partial charge is 0.445 e. The standard InChI is InChI=1S/C11H13O3P/c1-3-15-14-11(13)10-6-4-9(5-7-10)8(2)12/h4-7,15H,3H2,1-2H3. The molecule has 0 aliphatic rings. The summed E-state index contributed by atoms with van der Waals surface area (Å²) in [6.45, 7) is 3.44. The second kappa shape index (κ2) is 5.62. The number of hydrogen-bond donors (Lipinski definition) is 0. The first kappa shape index (κ1) is 11.9. The van der Waals surface area contributed by atoms with Gasteiger partial charge in [0.25, 0.3) is 0 Å². The molecule has 3 nitrogen and oxygen atoms in total. The van der Waals surface area contributed by atoms with Gasteiger partial charge in [0, 0.05) is 5.56 Å². The first-order valence-electron chi connectivity index (χ1n) is 4.70. The molecule has 0 bridgehead atoms. The van der Waals surface area contributed by atoms with Crippen molar-refractivity contribution < 1.29 is 14.1 Å². The maximum absolute atomic E-state index is 11.4. The molecular weight excluding hydrogens is 211 g/mol. The van der Waals surface area contributed by atoms with Crippen molar-refractivity contribution in [1.29, 1.82) is 0 Å². The van der Waals surface area contributed by atoms with Crippen LogP contribution >= 0.6 is 8.81 Å². The molecular formula is C11H13O3P. The third-order valence-corrected chi connectivity index (χ3v) is 2.45. The highest BCUT2D eigenvalue weighted by Gasteiger charge is 2.07. The van der Waals surface area contributed by atoms with Gasteiger partial charge < -0.3 is 4.52 Å². The van der Waals surface area contributed by atoms with Crippen molar-refractivity contribution >= 4 is 20.6 Å². The Kier molecular flexibility index (Phi) is 4.44. The van der Waals surface area contributed by atoms with Crippen molar-refractivity contribution in [2.75, 3.05) is 6.16 Å². The second-order valence-electron chi connectivity index (χ2n) is 3.02. The van der Waals surface area contributed by atoms with Crippen LogP contribution in [0.3, 0.4) is 0 Å². The highest BCUT2D eigenvalue weighted by atomic mass is 31.1. The Balaban J connectivity index is 2.71. The van der Waals surface area contributed by atoms with Gasteiger partial charge in [0.15, 0.2) is 5.78 Å². The van der Waals surface area contributed by atoms with Crippen LogP contribution in [0.25, 0.3) is 0 Å². The van der Waals surface area contributed by atoms with Crippen LogP contribution in [0.2, 0.25) is 0 Å². The molecule has 0 amide bonds. The van der Waals surface area contributed by atoms with Gasteiger partial charge in [-0.2, -0.15) is 0 Å². The van der Waals surface area contributed by atoms with Crippen LogP contribution in [-0.4, -0.2) is 17.9 Å². The zero-order valence-electron chi connectivity index (χ0n) is 8.74. The molecule has 1 rings (SSSR count). The first-order chi connectivity index (χ1) is 7.15. The summed E-state index contributed by atoms with van der Waals surface area (Å²) in [4.78, 5) is 22.4. The minimum absolute atomic E-state index is 0.00893. The lowest BCUT2D eigenvalue weighted by molar-refractivity contribution is 0.0760. The first-order valence-corrected chi connectivity index (χ1v) is 5.81. The van der Waals surface area contributed by atoms with E-state index in [1.807, 2.05) is 6.92 Å². The van der Waals surface area contributed by atoms with Crippen molar-refractivity contribution in [2.24, 2.45) is 0 Å². The summed E-state index contributed by atoms with van der Waals surface area (Å²) in [5.41, 5.74) is 1.09. The summed E-state index contributed by atoms with van der Waals surface area (Å²) in [7, 11) is 0.197. The number of carbonyl (C=O) groups is 2. The number of ketones is 1. The lowest BCUT2D eigenvalue weighted by Gasteiger charge is -2.02. The highest BCUT2D eigenvalue weighted by Crippen LogP contribution is 2.15. The summed E-state index contributed by atoms with van der Waals surface area (Å²) in [5, 5.41) is 0. The van der Waals surface area contributed by atoms with Crippen molar-refractivity contribution in [2.45, 2.75) is 13.8 Å². The summed E-state index contributed by atoms with van der Waals surface area (Å²) in [6.07, 6.45) is 0.831. The lowest BCUT2D eigenvalue weighted by atomic mass is 10.1. The smallest absolute Gasteiger partial charge is 0.340 e. The van der Waals surface area contributed by atoms with Gasteiger partial charge in [0.05, 0.1) is 14.4 Å². The lowest BCUT2D eigenvalue weighted by Crippen LogP contribution is -2.00. The molecule has 15 heavy (non-hydrogen) atoms. The summed E-state index contributed by atoms with van der Waals surface area (Å²) < 4.78 is 4.98. The molecule has 0 N–H and O–H groups in total. The summed E-state index contributed by atoms with van der Waals surface area (Å²) >= 11 is 0. The maximum Gasteiger partial charge on any atom is 0.340 e. The molecule has 0 aliphatic carbocycles. The van der Waals surface area contributed by atoms with E-state index in [2.05, 4.69) is 0 Å². The molecule has 4 heteroatoms.